The van der Waals surface area contributed by atoms with Crippen LogP contribution in [-0.4, -0.2) is 44.1 Å². The Morgan fingerprint density at radius 3 is 2.37 bits per heavy atom. The molecule has 0 spiro atoms. The number of hydrogen-bond donors (Lipinski definition) is 0. The lowest BCUT2D eigenvalue weighted by Crippen LogP contribution is -2.33. The number of ether oxygens (including phenoxy) is 3. The smallest absolute Gasteiger partial charge is 0.307 e. The Labute approximate surface area is 159 Å². The Hall–Kier alpha value is -3.02. The summed E-state index contributed by atoms with van der Waals surface area (Å²) in [6, 6.07) is 14.7. The zero-order valence-electron chi connectivity index (χ0n) is 15.9. The van der Waals surface area contributed by atoms with E-state index in [1.165, 1.54) is 7.11 Å². The third kappa shape index (κ3) is 5.74. The summed E-state index contributed by atoms with van der Waals surface area (Å²) in [5.41, 5.74) is 1.39. The van der Waals surface area contributed by atoms with Gasteiger partial charge in [0.25, 0.3) is 5.91 Å². The number of nitrogens with zero attached hydrogens (tertiary/aromatic N) is 1. The minimum atomic E-state index is -0.329. The van der Waals surface area contributed by atoms with Crippen molar-refractivity contribution in [2.45, 2.75) is 19.9 Å². The number of carbonyl (C=O) groups is 2. The van der Waals surface area contributed by atoms with Crippen LogP contribution in [0.4, 0.5) is 0 Å². The van der Waals surface area contributed by atoms with Crippen molar-refractivity contribution in [3.63, 3.8) is 0 Å². The molecule has 0 aromatic heterocycles. The van der Waals surface area contributed by atoms with Gasteiger partial charge in [-0.1, -0.05) is 30.3 Å². The lowest BCUT2D eigenvalue weighted by Gasteiger charge is -2.23. The van der Waals surface area contributed by atoms with Crippen molar-refractivity contribution >= 4 is 11.9 Å². The van der Waals surface area contributed by atoms with E-state index >= 15 is 0 Å². The van der Waals surface area contributed by atoms with Gasteiger partial charge in [0.2, 0.25) is 0 Å². The highest BCUT2D eigenvalue weighted by Gasteiger charge is 2.21. The van der Waals surface area contributed by atoms with Crippen molar-refractivity contribution in [3.8, 4) is 11.5 Å². The summed E-state index contributed by atoms with van der Waals surface area (Å²) >= 11 is 0. The van der Waals surface area contributed by atoms with Crippen molar-refractivity contribution in [2.75, 3.05) is 27.4 Å². The second-order valence-corrected chi connectivity index (χ2v) is 5.83. The molecule has 27 heavy (non-hydrogen) atoms. The van der Waals surface area contributed by atoms with Crippen LogP contribution in [0.1, 0.15) is 29.3 Å². The van der Waals surface area contributed by atoms with Gasteiger partial charge < -0.3 is 19.1 Å². The molecule has 6 nitrogen and oxygen atoms in total. The molecule has 0 aliphatic carbocycles. The van der Waals surface area contributed by atoms with E-state index in [9.17, 15) is 9.59 Å². The summed E-state index contributed by atoms with van der Waals surface area (Å²) in [5, 5.41) is 0. The number of benzene rings is 2. The van der Waals surface area contributed by atoms with Gasteiger partial charge in [0.1, 0.15) is 11.5 Å². The fourth-order valence-corrected chi connectivity index (χ4v) is 2.66. The molecule has 0 aliphatic heterocycles. The molecule has 0 aliphatic rings. The first-order valence-corrected chi connectivity index (χ1v) is 8.79. The highest BCUT2D eigenvalue weighted by Crippen LogP contribution is 2.26. The summed E-state index contributed by atoms with van der Waals surface area (Å²) in [7, 11) is 3.06. The molecule has 0 N–H and O–H groups in total. The first kappa shape index (κ1) is 20.3. The molecule has 1 amide bonds. The highest BCUT2D eigenvalue weighted by molar-refractivity contribution is 5.97. The normalized spacial score (nSPS) is 10.2. The molecule has 2 aromatic carbocycles. The maximum atomic E-state index is 13.2. The van der Waals surface area contributed by atoms with E-state index in [2.05, 4.69) is 0 Å². The number of amides is 1. The summed E-state index contributed by atoms with van der Waals surface area (Å²) in [6.45, 7) is 2.71. The van der Waals surface area contributed by atoms with Crippen LogP contribution in [0.3, 0.4) is 0 Å². The Morgan fingerprint density at radius 2 is 1.74 bits per heavy atom. The molecule has 0 unspecified atom stereocenters. The van der Waals surface area contributed by atoms with Crippen molar-refractivity contribution in [3.05, 3.63) is 59.7 Å². The van der Waals surface area contributed by atoms with E-state index in [4.69, 9.17) is 14.2 Å². The largest absolute Gasteiger partial charge is 0.497 e. The number of carbonyl (C=O) groups excluding carboxylic acids is 2. The average molecular weight is 371 g/mol. The topological polar surface area (TPSA) is 65.1 Å². The fraction of sp³-hybridized carbons (Fsp3) is 0.333. The third-order valence-corrected chi connectivity index (χ3v) is 4.03. The fourth-order valence-electron chi connectivity index (χ4n) is 2.66. The number of methoxy groups -OCH3 is 2. The van der Waals surface area contributed by atoms with Gasteiger partial charge in [-0.15, -0.1) is 0 Å². The van der Waals surface area contributed by atoms with Crippen LogP contribution in [0.2, 0.25) is 0 Å². The molecule has 0 fully saturated rings. The average Bonchev–Trinajstić information content (AvgIpc) is 2.71. The molecular weight excluding hydrogens is 346 g/mol. The van der Waals surface area contributed by atoms with Crippen LogP contribution >= 0.6 is 0 Å². The predicted octanol–water partition coefficient (Wildman–Crippen LogP) is 3.30. The van der Waals surface area contributed by atoms with Crippen molar-refractivity contribution < 1.29 is 23.8 Å². The lowest BCUT2D eigenvalue weighted by molar-refractivity contribution is -0.143. The van der Waals surface area contributed by atoms with Crippen LogP contribution in [0.5, 0.6) is 11.5 Å². The van der Waals surface area contributed by atoms with E-state index in [1.807, 2.05) is 30.3 Å². The van der Waals surface area contributed by atoms with Crippen LogP contribution in [-0.2, 0) is 16.1 Å². The molecule has 0 atom stereocenters. The number of rotatable bonds is 9. The zero-order chi connectivity index (χ0) is 19.6. The molecule has 144 valence electrons. The number of esters is 1. The predicted molar refractivity (Wildman–Crippen MR) is 102 cm³/mol. The first-order chi connectivity index (χ1) is 13.1. The van der Waals surface area contributed by atoms with Gasteiger partial charge in [-0.05, 0) is 24.6 Å². The molecule has 2 aromatic rings. The third-order valence-electron chi connectivity index (χ3n) is 4.03. The van der Waals surface area contributed by atoms with Crippen LogP contribution in [0.25, 0.3) is 0 Å². The van der Waals surface area contributed by atoms with Crippen LogP contribution < -0.4 is 9.47 Å². The van der Waals surface area contributed by atoms with E-state index in [1.54, 1.807) is 37.1 Å². The Kier molecular flexibility index (Phi) is 7.67. The summed E-state index contributed by atoms with van der Waals surface area (Å²) in [5.74, 6) is 0.478. The maximum Gasteiger partial charge on any atom is 0.307 e. The molecule has 0 bridgehead atoms. The van der Waals surface area contributed by atoms with Crippen molar-refractivity contribution in [2.24, 2.45) is 0 Å². The van der Waals surface area contributed by atoms with Crippen molar-refractivity contribution in [1.29, 1.82) is 0 Å². The molecule has 6 heteroatoms. The van der Waals surface area contributed by atoms with Crippen molar-refractivity contribution in [1.82, 2.24) is 4.90 Å². The van der Waals surface area contributed by atoms with E-state index in [-0.39, 0.29) is 24.8 Å². The Balaban J connectivity index is 2.25. The first-order valence-electron chi connectivity index (χ1n) is 8.79. The van der Waals surface area contributed by atoms with Gasteiger partial charge in [0, 0.05) is 19.2 Å². The van der Waals surface area contributed by atoms with Gasteiger partial charge >= 0.3 is 5.97 Å². The molecule has 0 heterocycles. The minimum absolute atomic E-state index is 0.130. The van der Waals surface area contributed by atoms with Gasteiger partial charge in [-0.3, -0.25) is 9.59 Å². The molecule has 2 rings (SSSR count). The molecule has 0 saturated carbocycles. The quantitative estimate of drug-likeness (QED) is 0.633. The highest BCUT2D eigenvalue weighted by atomic mass is 16.5. The van der Waals surface area contributed by atoms with Gasteiger partial charge in [-0.2, -0.15) is 0 Å². The van der Waals surface area contributed by atoms with Gasteiger partial charge in [0.05, 0.1) is 32.8 Å². The summed E-state index contributed by atoms with van der Waals surface area (Å²) in [6.07, 6.45) is 0.130. The lowest BCUT2D eigenvalue weighted by atomic mass is 10.1. The van der Waals surface area contributed by atoms with Crippen LogP contribution in [0.15, 0.2) is 48.5 Å². The minimum Gasteiger partial charge on any atom is -0.497 e. The number of hydrogen-bond acceptors (Lipinski definition) is 5. The Morgan fingerprint density at radius 1 is 1.00 bits per heavy atom. The Bertz CT molecular complexity index is 760. The van der Waals surface area contributed by atoms with E-state index in [0.717, 1.165) is 5.56 Å². The summed E-state index contributed by atoms with van der Waals surface area (Å²) < 4.78 is 15.5. The van der Waals surface area contributed by atoms with Gasteiger partial charge in [-0.25, -0.2) is 0 Å². The van der Waals surface area contributed by atoms with Crippen LogP contribution in [0, 0.1) is 0 Å². The van der Waals surface area contributed by atoms with E-state index in [0.29, 0.717) is 30.2 Å². The second kappa shape index (κ2) is 10.2. The van der Waals surface area contributed by atoms with E-state index < -0.39 is 0 Å². The standard InChI is InChI=1S/C21H25NO5/c1-4-27-20(23)12-13-22(15-16-8-6-5-7-9-16)21(24)18-11-10-17(25-2)14-19(18)26-3/h5-11,14H,4,12-13,15H2,1-3H3. The monoisotopic (exact) mass is 371 g/mol. The summed E-state index contributed by atoms with van der Waals surface area (Å²) in [4.78, 5) is 26.5. The molecular formula is C21H25NO5. The second-order valence-electron chi connectivity index (χ2n) is 5.83. The van der Waals surface area contributed by atoms with Gasteiger partial charge in [0.15, 0.2) is 0 Å². The SMILES string of the molecule is CCOC(=O)CCN(Cc1ccccc1)C(=O)c1ccc(OC)cc1OC. The maximum absolute atomic E-state index is 13.2. The molecule has 0 saturated heterocycles. The molecule has 0 radical (unpaired) electrons. The zero-order valence-corrected chi connectivity index (χ0v) is 15.9.